The van der Waals surface area contributed by atoms with E-state index in [1.807, 2.05) is 36.4 Å². The van der Waals surface area contributed by atoms with Gasteiger partial charge >= 0.3 is 0 Å². The topological polar surface area (TPSA) is 75.3 Å². The lowest BCUT2D eigenvalue weighted by atomic mass is 10.0. The molecule has 5 nitrogen and oxygen atoms in total. The van der Waals surface area contributed by atoms with Gasteiger partial charge in [0.05, 0.1) is 6.54 Å². The fraction of sp³-hybridized carbons (Fsp3) is 0.0952. The van der Waals surface area contributed by atoms with Crippen LogP contribution >= 0.6 is 0 Å². The molecule has 0 aliphatic carbocycles. The quantitative estimate of drug-likeness (QED) is 0.695. The zero-order valence-corrected chi connectivity index (χ0v) is 14.3. The number of amides is 2. The molecule has 0 saturated heterocycles. The van der Waals surface area contributed by atoms with Crippen LogP contribution in [-0.2, 0) is 4.79 Å². The molecule has 0 aliphatic rings. The van der Waals surface area contributed by atoms with Gasteiger partial charge in [0, 0.05) is 23.7 Å². The first-order valence-corrected chi connectivity index (χ1v) is 8.21. The van der Waals surface area contributed by atoms with E-state index in [0.717, 1.165) is 10.8 Å². The van der Waals surface area contributed by atoms with Gasteiger partial charge in [-0.3, -0.25) is 14.4 Å². The molecule has 0 radical (unpaired) electrons. The molecule has 2 amide bonds. The summed E-state index contributed by atoms with van der Waals surface area (Å²) in [5.74, 6) is -0.666. The minimum Gasteiger partial charge on any atom is -0.345 e. The van der Waals surface area contributed by atoms with Crippen LogP contribution in [0, 0.1) is 0 Å². The highest BCUT2D eigenvalue weighted by Crippen LogP contribution is 2.18. The number of nitrogens with one attached hydrogen (secondary N) is 2. The number of hydrogen-bond donors (Lipinski definition) is 2. The van der Waals surface area contributed by atoms with E-state index in [1.54, 1.807) is 30.3 Å². The normalized spacial score (nSPS) is 10.3. The van der Waals surface area contributed by atoms with Gasteiger partial charge in [-0.1, -0.05) is 42.5 Å². The van der Waals surface area contributed by atoms with Crippen LogP contribution < -0.4 is 10.6 Å². The van der Waals surface area contributed by atoms with E-state index in [0.29, 0.717) is 16.8 Å². The molecule has 5 heteroatoms. The van der Waals surface area contributed by atoms with Crippen molar-refractivity contribution >= 4 is 34.1 Å². The monoisotopic (exact) mass is 346 g/mol. The third kappa shape index (κ3) is 3.95. The minimum atomic E-state index is -0.340. The molecule has 0 bridgehead atoms. The van der Waals surface area contributed by atoms with Crippen molar-refractivity contribution in [2.45, 2.75) is 6.92 Å². The second kappa shape index (κ2) is 7.61. The Balaban J connectivity index is 1.67. The SMILES string of the molecule is CC(=O)Nc1ccc(C(=O)NCC(=O)c2cccc3ccccc23)cc1. The summed E-state index contributed by atoms with van der Waals surface area (Å²) >= 11 is 0. The molecule has 2 N–H and O–H groups in total. The zero-order valence-electron chi connectivity index (χ0n) is 14.3. The van der Waals surface area contributed by atoms with E-state index in [9.17, 15) is 14.4 Å². The Bertz CT molecular complexity index is 973. The molecule has 3 aromatic rings. The number of ketones is 1. The molecule has 0 spiro atoms. The molecular formula is C21H18N2O3. The van der Waals surface area contributed by atoms with Crippen molar-refractivity contribution in [3.05, 3.63) is 77.9 Å². The Morgan fingerprint density at radius 1 is 0.846 bits per heavy atom. The number of Topliss-reactive ketones (excluding diaryl/α,β-unsaturated/α-hetero) is 1. The molecule has 0 aliphatic heterocycles. The molecule has 26 heavy (non-hydrogen) atoms. The van der Waals surface area contributed by atoms with Gasteiger partial charge in [-0.05, 0) is 35.0 Å². The molecule has 3 aromatic carbocycles. The highest BCUT2D eigenvalue weighted by molar-refractivity contribution is 6.10. The van der Waals surface area contributed by atoms with Gasteiger partial charge in [0.1, 0.15) is 0 Å². The van der Waals surface area contributed by atoms with E-state index >= 15 is 0 Å². The smallest absolute Gasteiger partial charge is 0.251 e. The van der Waals surface area contributed by atoms with Gasteiger partial charge in [-0.15, -0.1) is 0 Å². The second-order valence-corrected chi connectivity index (χ2v) is 5.89. The first kappa shape index (κ1) is 17.4. The predicted molar refractivity (Wildman–Crippen MR) is 101 cm³/mol. The highest BCUT2D eigenvalue weighted by atomic mass is 16.2. The van der Waals surface area contributed by atoms with E-state index in [1.165, 1.54) is 6.92 Å². The average Bonchev–Trinajstić information content (AvgIpc) is 2.65. The van der Waals surface area contributed by atoms with Crippen LogP contribution in [0.1, 0.15) is 27.6 Å². The third-order valence-electron chi connectivity index (χ3n) is 3.97. The van der Waals surface area contributed by atoms with E-state index < -0.39 is 0 Å². The summed E-state index contributed by atoms with van der Waals surface area (Å²) in [7, 11) is 0. The molecule has 0 saturated carbocycles. The van der Waals surface area contributed by atoms with Crippen molar-refractivity contribution in [2.24, 2.45) is 0 Å². The predicted octanol–water partition coefficient (Wildman–Crippen LogP) is 3.41. The third-order valence-corrected chi connectivity index (χ3v) is 3.97. The van der Waals surface area contributed by atoms with Crippen molar-refractivity contribution in [2.75, 3.05) is 11.9 Å². The maximum Gasteiger partial charge on any atom is 0.251 e. The molecule has 0 unspecified atom stereocenters. The first-order chi connectivity index (χ1) is 12.5. The van der Waals surface area contributed by atoms with Crippen molar-refractivity contribution in [1.29, 1.82) is 0 Å². The largest absolute Gasteiger partial charge is 0.345 e. The molecule has 3 rings (SSSR count). The van der Waals surface area contributed by atoms with Crippen LogP contribution in [0.4, 0.5) is 5.69 Å². The summed E-state index contributed by atoms with van der Waals surface area (Å²) in [5, 5.41) is 7.14. The van der Waals surface area contributed by atoms with Gasteiger partial charge in [-0.25, -0.2) is 0 Å². The van der Waals surface area contributed by atoms with Crippen molar-refractivity contribution in [3.8, 4) is 0 Å². The van der Waals surface area contributed by atoms with Gasteiger partial charge in [-0.2, -0.15) is 0 Å². The summed E-state index contributed by atoms with van der Waals surface area (Å²) < 4.78 is 0. The number of carbonyl (C=O) groups is 3. The molecular weight excluding hydrogens is 328 g/mol. The molecule has 0 atom stereocenters. The van der Waals surface area contributed by atoms with Crippen LogP contribution in [0.3, 0.4) is 0 Å². The minimum absolute atomic E-state index is 0.0830. The van der Waals surface area contributed by atoms with Crippen molar-refractivity contribution in [1.82, 2.24) is 5.32 Å². The Kier molecular flexibility index (Phi) is 5.08. The van der Waals surface area contributed by atoms with Gasteiger partial charge in [0.2, 0.25) is 5.91 Å². The van der Waals surface area contributed by atoms with Crippen molar-refractivity contribution in [3.63, 3.8) is 0 Å². The molecule has 0 fully saturated rings. The summed E-state index contributed by atoms with van der Waals surface area (Å²) in [6.45, 7) is 1.33. The van der Waals surface area contributed by atoms with Crippen LogP contribution in [0.2, 0.25) is 0 Å². The fourth-order valence-corrected chi connectivity index (χ4v) is 2.73. The Labute approximate surface area is 151 Å². The number of hydrogen-bond acceptors (Lipinski definition) is 3. The summed E-state index contributed by atoms with van der Waals surface area (Å²) in [5.41, 5.74) is 1.62. The van der Waals surface area contributed by atoms with E-state index in [-0.39, 0.29) is 24.1 Å². The van der Waals surface area contributed by atoms with Crippen LogP contribution in [0.15, 0.2) is 66.7 Å². The van der Waals surface area contributed by atoms with Crippen LogP contribution in [0.25, 0.3) is 10.8 Å². The average molecular weight is 346 g/mol. The lowest BCUT2D eigenvalue weighted by Crippen LogP contribution is -2.29. The van der Waals surface area contributed by atoms with Gasteiger partial charge in [0.15, 0.2) is 5.78 Å². The number of fused-ring (bicyclic) bond motifs is 1. The van der Waals surface area contributed by atoms with E-state index in [2.05, 4.69) is 10.6 Å². The maximum atomic E-state index is 12.5. The van der Waals surface area contributed by atoms with Gasteiger partial charge in [0.25, 0.3) is 5.91 Å². The fourth-order valence-electron chi connectivity index (χ4n) is 2.73. The van der Waals surface area contributed by atoms with Gasteiger partial charge < -0.3 is 10.6 Å². The molecule has 0 heterocycles. The summed E-state index contributed by atoms with van der Waals surface area (Å²) in [6, 6.07) is 19.7. The van der Waals surface area contributed by atoms with Crippen LogP contribution in [0.5, 0.6) is 0 Å². The Morgan fingerprint density at radius 2 is 1.54 bits per heavy atom. The maximum absolute atomic E-state index is 12.5. The Hall–Kier alpha value is -3.47. The number of anilines is 1. The standard InChI is InChI=1S/C21H18N2O3/c1-14(24)23-17-11-9-16(10-12-17)21(26)22-13-20(25)19-8-4-6-15-5-2-3-7-18(15)19/h2-12H,13H2,1H3,(H,22,26)(H,23,24). The number of carbonyl (C=O) groups excluding carboxylic acids is 3. The second-order valence-electron chi connectivity index (χ2n) is 5.89. The van der Waals surface area contributed by atoms with Crippen LogP contribution in [-0.4, -0.2) is 24.1 Å². The number of rotatable bonds is 5. The lowest BCUT2D eigenvalue weighted by Gasteiger charge is -2.08. The highest BCUT2D eigenvalue weighted by Gasteiger charge is 2.12. The summed E-state index contributed by atoms with van der Waals surface area (Å²) in [4.78, 5) is 35.7. The van der Waals surface area contributed by atoms with E-state index in [4.69, 9.17) is 0 Å². The zero-order chi connectivity index (χ0) is 18.5. The number of benzene rings is 3. The summed E-state index contributed by atoms with van der Waals surface area (Å²) in [6.07, 6.45) is 0. The lowest BCUT2D eigenvalue weighted by molar-refractivity contribution is -0.114. The molecule has 0 aromatic heterocycles. The first-order valence-electron chi connectivity index (χ1n) is 8.21. The van der Waals surface area contributed by atoms with Crippen molar-refractivity contribution < 1.29 is 14.4 Å². The Morgan fingerprint density at radius 3 is 2.27 bits per heavy atom. The molecule has 130 valence electrons.